The molecular formula is C29H31NO7. The predicted octanol–water partition coefficient (Wildman–Crippen LogP) is 5.56. The summed E-state index contributed by atoms with van der Waals surface area (Å²) in [6, 6.07) is 14.6. The Morgan fingerprint density at radius 2 is 1.24 bits per heavy atom. The van der Waals surface area contributed by atoms with Crippen molar-refractivity contribution < 1.29 is 33.2 Å². The lowest BCUT2D eigenvalue weighted by atomic mass is 10.1. The van der Waals surface area contributed by atoms with E-state index in [2.05, 4.69) is 5.32 Å². The molecule has 0 aromatic heterocycles. The lowest BCUT2D eigenvalue weighted by Crippen LogP contribution is -2.10. The number of ether oxygens (including phenoxy) is 6. The maximum Gasteiger partial charge on any atom is 0.248 e. The van der Waals surface area contributed by atoms with Gasteiger partial charge in [0.2, 0.25) is 11.7 Å². The zero-order chi connectivity index (χ0) is 26.8. The van der Waals surface area contributed by atoms with E-state index in [1.54, 1.807) is 66.9 Å². The van der Waals surface area contributed by atoms with Crippen LogP contribution in [0.2, 0.25) is 0 Å². The van der Waals surface area contributed by atoms with Crippen molar-refractivity contribution >= 4 is 29.8 Å². The molecule has 0 bridgehead atoms. The largest absolute Gasteiger partial charge is 0.495 e. The van der Waals surface area contributed by atoms with Gasteiger partial charge in [-0.2, -0.15) is 0 Å². The molecule has 0 unspecified atom stereocenters. The highest BCUT2D eigenvalue weighted by atomic mass is 16.5. The minimum atomic E-state index is -0.318. The van der Waals surface area contributed by atoms with E-state index >= 15 is 0 Å². The summed E-state index contributed by atoms with van der Waals surface area (Å²) in [5, 5.41) is 2.92. The molecule has 1 N–H and O–H groups in total. The van der Waals surface area contributed by atoms with E-state index in [9.17, 15) is 4.79 Å². The number of hydrogen-bond acceptors (Lipinski definition) is 7. The topological polar surface area (TPSA) is 84.5 Å². The lowest BCUT2D eigenvalue weighted by Gasteiger charge is -2.14. The van der Waals surface area contributed by atoms with E-state index in [0.717, 1.165) is 16.7 Å². The molecule has 3 aromatic carbocycles. The number of hydrogen-bond donors (Lipinski definition) is 1. The van der Waals surface area contributed by atoms with Crippen LogP contribution < -0.4 is 33.7 Å². The molecule has 0 saturated heterocycles. The predicted molar refractivity (Wildman–Crippen MR) is 145 cm³/mol. The molecule has 37 heavy (non-hydrogen) atoms. The summed E-state index contributed by atoms with van der Waals surface area (Å²) in [6.07, 6.45) is 6.89. The minimum Gasteiger partial charge on any atom is -0.495 e. The zero-order valence-corrected chi connectivity index (χ0v) is 21.8. The van der Waals surface area contributed by atoms with Crippen molar-refractivity contribution in [2.75, 3.05) is 48.0 Å². The highest BCUT2D eigenvalue weighted by Crippen LogP contribution is 2.39. The first-order chi connectivity index (χ1) is 18.0. The van der Waals surface area contributed by atoms with Crippen molar-refractivity contribution in [2.24, 2.45) is 0 Å². The maximum atomic E-state index is 12.8. The summed E-state index contributed by atoms with van der Waals surface area (Å²) in [6.45, 7) is 0. The van der Waals surface area contributed by atoms with Crippen LogP contribution in [0.1, 0.15) is 16.7 Å². The quantitative estimate of drug-likeness (QED) is 0.270. The van der Waals surface area contributed by atoms with E-state index in [0.29, 0.717) is 40.2 Å². The lowest BCUT2D eigenvalue weighted by molar-refractivity contribution is -0.111. The molecular weight excluding hydrogens is 474 g/mol. The summed E-state index contributed by atoms with van der Waals surface area (Å²) < 4.78 is 32.3. The van der Waals surface area contributed by atoms with E-state index in [1.165, 1.54) is 6.08 Å². The third-order valence-electron chi connectivity index (χ3n) is 5.50. The first kappa shape index (κ1) is 27.0. The van der Waals surface area contributed by atoms with Crippen LogP contribution in [0.3, 0.4) is 0 Å². The standard InChI is InChI=1S/C29H31NO7/c1-32-22-14-11-19(16-24(22)34-3)12-15-27(31)30-28-21(8-7-9-23(28)33-2)13-10-20-17-25(35-4)29(37-6)26(18-20)36-5/h7-18H,1-6H3,(H,30,31)/b13-10+,15-12+. The molecule has 0 radical (unpaired) electrons. The van der Waals surface area contributed by atoms with Crippen molar-refractivity contribution in [1.82, 2.24) is 0 Å². The zero-order valence-electron chi connectivity index (χ0n) is 21.8. The Morgan fingerprint density at radius 1 is 0.622 bits per heavy atom. The van der Waals surface area contributed by atoms with Crippen LogP contribution in [0.25, 0.3) is 18.2 Å². The first-order valence-corrected chi connectivity index (χ1v) is 11.3. The number of anilines is 1. The van der Waals surface area contributed by atoms with E-state index < -0.39 is 0 Å². The molecule has 0 spiro atoms. The summed E-state index contributed by atoms with van der Waals surface area (Å²) in [4.78, 5) is 12.8. The Kier molecular flexibility index (Phi) is 9.43. The third-order valence-corrected chi connectivity index (χ3v) is 5.50. The van der Waals surface area contributed by atoms with Crippen LogP contribution in [-0.4, -0.2) is 48.6 Å². The molecule has 0 atom stereocenters. The van der Waals surface area contributed by atoms with Crippen LogP contribution in [0.4, 0.5) is 5.69 Å². The van der Waals surface area contributed by atoms with Crippen LogP contribution in [0, 0.1) is 0 Å². The Morgan fingerprint density at radius 3 is 1.84 bits per heavy atom. The SMILES string of the molecule is COc1ccc(/C=C/C(=O)Nc2c(/C=C/c3cc(OC)c(OC)c(OC)c3)cccc2OC)cc1OC. The van der Waals surface area contributed by atoms with Crippen LogP contribution in [0.5, 0.6) is 34.5 Å². The summed E-state index contributed by atoms with van der Waals surface area (Å²) in [5.41, 5.74) is 2.90. The summed E-state index contributed by atoms with van der Waals surface area (Å²) in [7, 11) is 9.37. The Bertz CT molecular complexity index is 1270. The summed E-state index contributed by atoms with van der Waals surface area (Å²) >= 11 is 0. The molecule has 3 rings (SSSR count). The smallest absolute Gasteiger partial charge is 0.248 e. The highest BCUT2D eigenvalue weighted by Gasteiger charge is 2.13. The van der Waals surface area contributed by atoms with Gasteiger partial charge in [-0.05, 0) is 47.5 Å². The molecule has 3 aromatic rings. The van der Waals surface area contributed by atoms with Gasteiger partial charge < -0.3 is 33.7 Å². The molecule has 1 amide bonds. The molecule has 8 nitrogen and oxygen atoms in total. The van der Waals surface area contributed by atoms with Crippen molar-refractivity contribution in [3.05, 3.63) is 71.3 Å². The Balaban J connectivity index is 1.87. The second kappa shape index (κ2) is 12.9. The van der Waals surface area contributed by atoms with Crippen LogP contribution in [0.15, 0.2) is 54.6 Å². The van der Waals surface area contributed by atoms with Gasteiger partial charge in [0.25, 0.3) is 0 Å². The normalized spacial score (nSPS) is 10.9. The number of carbonyl (C=O) groups is 1. The fraction of sp³-hybridized carbons (Fsp3) is 0.207. The van der Waals surface area contributed by atoms with Gasteiger partial charge >= 0.3 is 0 Å². The first-order valence-electron chi connectivity index (χ1n) is 11.3. The number of amides is 1. The number of benzene rings is 3. The van der Waals surface area contributed by atoms with Gasteiger partial charge in [-0.15, -0.1) is 0 Å². The molecule has 0 aliphatic carbocycles. The van der Waals surface area contributed by atoms with Gasteiger partial charge in [-0.25, -0.2) is 0 Å². The molecule has 194 valence electrons. The second-order valence-corrected chi connectivity index (χ2v) is 7.65. The second-order valence-electron chi connectivity index (χ2n) is 7.65. The molecule has 0 saturated carbocycles. The van der Waals surface area contributed by atoms with E-state index in [4.69, 9.17) is 28.4 Å². The van der Waals surface area contributed by atoms with Crippen LogP contribution in [-0.2, 0) is 4.79 Å². The molecule has 0 fully saturated rings. The fourth-order valence-electron chi connectivity index (χ4n) is 3.67. The van der Waals surface area contributed by atoms with Gasteiger partial charge in [0.15, 0.2) is 23.0 Å². The molecule has 0 heterocycles. The van der Waals surface area contributed by atoms with Crippen LogP contribution >= 0.6 is 0 Å². The van der Waals surface area contributed by atoms with Crippen molar-refractivity contribution in [3.8, 4) is 34.5 Å². The number of carbonyl (C=O) groups excluding carboxylic acids is 1. The van der Waals surface area contributed by atoms with Crippen molar-refractivity contribution in [3.63, 3.8) is 0 Å². The van der Waals surface area contributed by atoms with Gasteiger partial charge in [0.1, 0.15) is 5.75 Å². The fourth-order valence-corrected chi connectivity index (χ4v) is 3.67. The number of nitrogens with one attached hydrogen (secondary N) is 1. The maximum absolute atomic E-state index is 12.8. The van der Waals surface area contributed by atoms with E-state index in [-0.39, 0.29) is 5.91 Å². The third kappa shape index (κ3) is 6.55. The van der Waals surface area contributed by atoms with Gasteiger partial charge in [-0.3, -0.25) is 4.79 Å². The molecule has 0 aliphatic heterocycles. The van der Waals surface area contributed by atoms with Gasteiger partial charge in [0.05, 0.1) is 48.3 Å². The molecule has 8 heteroatoms. The molecule has 0 aliphatic rings. The average molecular weight is 506 g/mol. The monoisotopic (exact) mass is 505 g/mol. The van der Waals surface area contributed by atoms with Gasteiger partial charge in [-0.1, -0.05) is 30.4 Å². The Labute approximate surface area is 217 Å². The average Bonchev–Trinajstić information content (AvgIpc) is 2.94. The summed E-state index contributed by atoms with van der Waals surface area (Å²) in [5.74, 6) is 3.00. The number of rotatable bonds is 11. The van der Waals surface area contributed by atoms with E-state index in [1.807, 2.05) is 42.5 Å². The number of methoxy groups -OCH3 is 6. The van der Waals surface area contributed by atoms with Gasteiger partial charge in [0, 0.05) is 11.6 Å². The number of para-hydroxylation sites is 1. The van der Waals surface area contributed by atoms with Crippen molar-refractivity contribution in [2.45, 2.75) is 0 Å². The highest BCUT2D eigenvalue weighted by molar-refractivity contribution is 6.04. The van der Waals surface area contributed by atoms with Crippen molar-refractivity contribution in [1.29, 1.82) is 0 Å². The Hall–Kier alpha value is -4.59. The minimum absolute atomic E-state index is 0.318.